The molecule has 0 radical (unpaired) electrons. The van der Waals surface area contributed by atoms with Crippen molar-refractivity contribution in [2.75, 3.05) is 37.7 Å². The Morgan fingerprint density at radius 3 is 2.37 bits per heavy atom. The Hall–Kier alpha value is -1.58. The van der Waals surface area contributed by atoms with Crippen molar-refractivity contribution < 1.29 is 18.0 Å². The molecule has 0 bridgehead atoms. The zero-order valence-corrected chi connectivity index (χ0v) is 19.0. The average molecular weight is 452 g/mol. The lowest BCUT2D eigenvalue weighted by Crippen LogP contribution is -2.54. The molecule has 0 N–H and O–H groups in total. The van der Waals surface area contributed by atoms with Gasteiger partial charge in [-0.2, -0.15) is 16.1 Å². The lowest BCUT2D eigenvalue weighted by molar-refractivity contribution is -0.146. The summed E-state index contributed by atoms with van der Waals surface area (Å²) in [6.45, 7) is 4.30. The maximum atomic E-state index is 13.1. The van der Waals surface area contributed by atoms with E-state index < -0.39 is 16.1 Å². The van der Waals surface area contributed by atoms with E-state index in [1.54, 1.807) is 33.1 Å². The lowest BCUT2D eigenvalue weighted by Gasteiger charge is -2.39. The Balaban J connectivity index is 1.60. The molecule has 4 rings (SSSR count). The summed E-state index contributed by atoms with van der Waals surface area (Å²) in [5.41, 5.74) is 1.77. The van der Waals surface area contributed by atoms with Gasteiger partial charge in [-0.3, -0.25) is 9.59 Å². The summed E-state index contributed by atoms with van der Waals surface area (Å²) in [5.74, 6) is 1.47. The van der Waals surface area contributed by atoms with Gasteiger partial charge in [-0.05, 0) is 42.5 Å². The number of rotatable bonds is 3. The Morgan fingerprint density at radius 2 is 1.70 bits per heavy atom. The van der Waals surface area contributed by atoms with Crippen LogP contribution in [0.2, 0.25) is 0 Å². The van der Waals surface area contributed by atoms with Gasteiger partial charge in [0.2, 0.25) is 21.8 Å². The molecule has 3 aliphatic rings. The van der Waals surface area contributed by atoms with Crippen molar-refractivity contribution in [3.8, 4) is 0 Å². The number of carbonyl (C=O) groups excluding carboxylic acids is 2. The molecule has 9 heteroatoms. The molecular formula is C21H29N3O4S2. The number of likely N-dealkylation sites (tertiary alicyclic amines) is 1. The van der Waals surface area contributed by atoms with E-state index in [4.69, 9.17) is 0 Å². The van der Waals surface area contributed by atoms with Crippen LogP contribution in [-0.2, 0) is 32.6 Å². The number of benzene rings is 1. The maximum Gasteiger partial charge on any atom is 0.245 e. The fraction of sp³-hybridized carbons (Fsp3) is 0.619. The van der Waals surface area contributed by atoms with Crippen LogP contribution in [0.3, 0.4) is 0 Å². The van der Waals surface area contributed by atoms with E-state index >= 15 is 0 Å². The second kappa shape index (κ2) is 8.88. The summed E-state index contributed by atoms with van der Waals surface area (Å²) in [5, 5.41) is 0. The van der Waals surface area contributed by atoms with Crippen molar-refractivity contribution in [2.24, 2.45) is 0 Å². The second-order valence-corrected chi connectivity index (χ2v) is 11.4. The molecule has 1 aromatic carbocycles. The molecule has 7 nitrogen and oxygen atoms in total. The molecule has 164 valence electrons. The number of thioether (sulfide) groups is 1. The van der Waals surface area contributed by atoms with E-state index in [-0.39, 0.29) is 23.3 Å². The molecule has 2 saturated heterocycles. The first-order valence-electron chi connectivity index (χ1n) is 10.6. The average Bonchev–Trinajstić information content (AvgIpc) is 2.78. The van der Waals surface area contributed by atoms with Crippen LogP contribution in [0.1, 0.15) is 37.3 Å². The van der Waals surface area contributed by atoms with E-state index in [0.717, 1.165) is 55.0 Å². The molecule has 0 aromatic heterocycles. The molecule has 3 heterocycles. The van der Waals surface area contributed by atoms with Gasteiger partial charge in [0.15, 0.2) is 0 Å². The molecule has 0 aliphatic carbocycles. The third-order valence-electron chi connectivity index (χ3n) is 6.27. The van der Waals surface area contributed by atoms with E-state index in [0.29, 0.717) is 19.5 Å². The third kappa shape index (κ3) is 4.24. The van der Waals surface area contributed by atoms with Crippen LogP contribution < -0.4 is 0 Å². The van der Waals surface area contributed by atoms with Crippen LogP contribution in [0, 0.1) is 0 Å². The van der Waals surface area contributed by atoms with Gasteiger partial charge in [-0.1, -0.05) is 6.07 Å². The normalized spacial score (nSPS) is 23.2. The number of hydrogen-bond donors (Lipinski definition) is 0. The standard InChI is InChI=1S/C21H29N3O4S2/c1-16(25)24-15-18-13-19(30(27,28)23-9-11-29-12-10-23)6-5-17(18)14-20(24)21(26)22-7-3-2-4-8-22/h5-6,13,20H,2-4,7-12,14-15H2,1H3. The third-order valence-corrected chi connectivity index (χ3v) is 9.11. The number of fused-ring (bicyclic) bond motifs is 1. The first kappa shape index (κ1) is 21.6. The van der Waals surface area contributed by atoms with E-state index in [9.17, 15) is 18.0 Å². The second-order valence-electron chi connectivity index (χ2n) is 8.20. The first-order valence-corrected chi connectivity index (χ1v) is 13.2. The Kier molecular flexibility index (Phi) is 6.41. The monoisotopic (exact) mass is 451 g/mol. The van der Waals surface area contributed by atoms with Crippen LogP contribution in [0.15, 0.2) is 23.1 Å². The summed E-state index contributed by atoms with van der Waals surface area (Å²) in [7, 11) is -3.54. The van der Waals surface area contributed by atoms with Crippen molar-refractivity contribution in [3.05, 3.63) is 29.3 Å². The van der Waals surface area contributed by atoms with Crippen molar-refractivity contribution in [1.29, 1.82) is 0 Å². The molecule has 2 fully saturated rings. The molecule has 2 amide bonds. The first-order chi connectivity index (χ1) is 14.4. The molecule has 0 saturated carbocycles. The van der Waals surface area contributed by atoms with Crippen LogP contribution in [-0.4, -0.2) is 78.1 Å². The topological polar surface area (TPSA) is 78.0 Å². The largest absolute Gasteiger partial charge is 0.341 e. The summed E-state index contributed by atoms with van der Waals surface area (Å²) >= 11 is 1.76. The molecular weight excluding hydrogens is 422 g/mol. The van der Waals surface area contributed by atoms with Gasteiger partial charge in [-0.25, -0.2) is 8.42 Å². The quantitative estimate of drug-likeness (QED) is 0.699. The van der Waals surface area contributed by atoms with Gasteiger partial charge in [0, 0.05) is 57.6 Å². The van der Waals surface area contributed by atoms with Gasteiger partial charge in [0.05, 0.1) is 4.90 Å². The van der Waals surface area contributed by atoms with Crippen LogP contribution in [0.5, 0.6) is 0 Å². The summed E-state index contributed by atoms with van der Waals surface area (Å²) in [6, 6.07) is 4.68. The minimum Gasteiger partial charge on any atom is -0.341 e. The van der Waals surface area contributed by atoms with Gasteiger partial charge in [0.1, 0.15) is 6.04 Å². The SMILES string of the molecule is CC(=O)N1Cc2cc(S(=O)(=O)N3CCSCC3)ccc2CC1C(=O)N1CCCCC1. The zero-order valence-electron chi connectivity index (χ0n) is 17.4. The highest BCUT2D eigenvalue weighted by Gasteiger charge is 2.37. The summed E-state index contributed by atoms with van der Waals surface area (Å²) in [6.07, 6.45) is 3.59. The predicted octanol–water partition coefficient (Wildman–Crippen LogP) is 1.71. The van der Waals surface area contributed by atoms with Gasteiger partial charge in [-0.15, -0.1) is 0 Å². The predicted molar refractivity (Wildman–Crippen MR) is 117 cm³/mol. The van der Waals surface area contributed by atoms with Crippen molar-refractivity contribution >= 4 is 33.6 Å². The highest BCUT2D eigenvalue weighted by atomic mass is 32.2. The maximum absolute atomic E-state index is 13.1. The molecule has 1 aromatic rings. The van der Waals surface area contributed by atoms with Crippen molar-refractivity contribution in [2.45, 2.75) is 50.1 Å². The number of nitrogens with zero attached hydrogens (tertiary/aromatic N) is 3. The fourth-order valence-electron chi connectivity index (χ4n) is 4.53. The van der Waals surface area contributed by atoms with Crippen LogP contribution >= 0.6 is 11.8 Å². The van der Waals surface area contributed by atoms with Crippen molar-refractivity contribution in [1.82, 2.24) is 14.1 Å². The van der Waals surface area contributed by atoms with Gasteiger partial charge < -0.3 is 9.80 Å². The number of piperidine rings is 1. The number of sulfonamides is 1. The van der Waals surface area contributed by atoms with Crippen molar-refractivity contribution in [3.63, 3.8) is 0 Å². The molecule has 3 aliphatic heterocycles. The smallest absolute Gasteiger partial charge is 0.245 e. The summed E-state index contributed by atoms with van der Waals surface area (Å²) < 4.78 is 27.6. The highest BCUT2D eigenvalue weighted by molar-refractivity contribution is 7.99. The molecule has 1 unspecified atom stereocenters. The van der Waals surface area contributed by atoms with Gasteiger partial charge in [0.25, 0.3) is 0 Å². The zero-order chi connectivity index (χ0) is 21.3. The fourth-order valence-corrected chi connectivity index (χ4v) is 7.16. The number of hydrogen-bond acceptors (Lipinski definition) is 5. The molecule has 1 atom stereocenters. The highest BCUT2D eigenvalue weighted by Crippen LogP contribution is 2.29. The Bertz CT molecular complexity index is 922. The Morgan fingerprint density at radius 1 is 1.00 bits per heavy atom. The Labute approximate surface area is 182 Å². The minimum absolute atomic E-state index is 0.0121. The van der Waals surface area contributed by atoms with E-state index in [1.807, 2.05) is 11.0 Å². The number of carbonyl (C=O) groups is 2. The minimum atomic E-state index is -3.54. The van der Waals surface area contributed by atoms with Gasteiger partial charge >= 0.3 is 0 Å². The molecule has 0 spiro atoms. The summed E-state index contributed by atoms with van der Waals surface area (Å²) in [4.78, 5) is 29.3. The lowest BCUT2D eigenvalue weighted by atomic mass is 9.92. The molecule has 30 heavy (non-hydrogen) atoms. The number of amides is 2. The van der Waals surface area contributed by atoms with Crippen LogP contribution in [0.25, 0.3) is 0 Å². The van der Waals surface area contributed by atoms with E-state index in [2.05, 4.69) is 0 Å². The van der Waals surface area contributed by atoms with Crippen LogP contribution in [0.4, 0.5) is 0 Å². The van der Waals surface area contributed by atoms with E-state index in [1.165, 1.54) is 6.92 Å².